The topological polar surface area (TPSA) is 3.24 Å². The van der Waals surface area contributed by atoms with E-state index < -0.39 is 0 Å². The number of hydrogen-bond donors (Lipinski definition) is 0. The molecule has 0 aliphatic rings. The van der Waals surface area contributed by atoms with Crippen molar-refractivity contribution in [3.8, 4) is 0 Å². The molecule has 1 heteroatoms. The van der Waals surface area contributed by atoms with Crippen molar-refractivity contribution in [1.29, 1.82) is 0 Å². The number of allylic oxidation sites excluding steroid dienone is 2. The van der Waals surface area contributed by atoms with Crippen molar-refractivity contribution in [2.24, 2.45) is 0 Å². The van der Waals surface area contributed by atoms with Crippen LogP contribution in [0.25, 0.3) is 0 Å². The van der Waals surface area contributed by atoms with Crippen LogP contribution in [0.15, 0.2) is 24.8 Å². The van der Waals surface area contributed by atoms with Crippen molar-refractivity contribution in [2.45, 2.75) is 26.2 Å². The zero-order valence-electron chi connectivity index (χ0n) is 8.42. The second kappa shape index (κ2) is 8.54. The van der Waals surface area contributed by atoms with Gasteiger partial charge >= 0.3 is 0 Å². The highest BCUT2D eigenvalue weighted by Gasteiger charge is 1.94. The molecule has 0 amide bonds. The molecule has 0 fully saturated rings. The first kappa shape index (κ1) is 11.4. The van der Waals surface area contributed by atoms with E-state index in [-0.39, 0.29) is 0 Å². The van der Waals surface area contributed by atoms with E-state index in [1.54, 1.807) is 0 Å². The molecule has 0 atom stereocenters. The minimum Gasteiger partial charge on any atom is -0.306 e. The standard InChI is InChI=1S/C11H21N/c1-4-6-8-10-12(3)11-9-7-5-2/h4-5,7H,1,6,8-11H2,2-3H3/b7-5-. The summed E-state index contributed by atoms with van der Waals surface area (Å²) in [5, 5.41) is 0. The smallest absolute Gasteiger partial charge is 0.00128 e. The third-order valence-corrected chi connectivity index (χ3v) is 1.86. The summed E-state index contributed by atoms with van der Waals surface area (Å²) < 4.78 is 0. The molecular formula is C11H21N. The first-order valence-electron chi connectivity index (χ1n) is 4.72. The van der Waals surface area contributed by atoms with E-state index in [1.165, 1.54) is 25.9 Å². The Bertz CT molecular complexity index is 127. The van der Waals surface area contributed by atoms with Crippen LogP contribution in [0.3, 0.4) is 0 Å². The molecule has 0 rings (SSSR count). The van der Waals surface area contributed by atoms with E-state index in [0.29, 0.717) is 0 Å². The Labute approximate surface area is 76.8 Å². The molecule has 0 bridgehead atoms. The minimum atomic E-state index is 1.13. The van der Waals surface area contributed by atoms with E-state index in [2.05, 4.69) is 37.6 Å². The molecule has 0 spiro atoms. The Morgan fingerprint density at radius 2 is 2.00 bits per heavy atom. The zero-order chi connectivity index (χ0) is 9.23. The maximum Gasteiger partial charge on any atom is 0.00128 e. The van der Waals surface area contributed by atoms with Gasteiger partial charge in [0, 0.05) is 6.54 Å². The molecule has 0 radical (unpaired) electrons. The molecule has 0 heterocycles. The Balaban J connectivity index is 3.20. The van der Waals surface area contributed by atoms with Crippen molar-refractivity contribution < 1.29 is 0 Å². The second-order valence-corrected chi connectivity index (χ2v) is 3.09. The fourth-order valence-corrected chi connectivity index (χ4v) is 1.08. The molecule has 1 nitrogen and oxygen atoms in total. The van der Waals surface area contributed by atoms with Gasteiger partial charge in [0.2, 0.25) is 0 Å². The monoisotopic (exact) mass is 167 g/mol. The zero-order valence-corrected chi connectivity index (χ0v) is 8.42. The van der Waals surface area contributed by atoms with Gasteiger partial charge < -0.3 is 4.90 Å². The molecule has 0 aromatic rings. The summed E-state index contributed by atoms with van der Waals surface area (Å²) in [7, 11) is 2.17. The second-order valence-electron chi connectivity index (χ2n) is 3.09. The van der Waals surface area contributed by atoms with Crippen LogP contribution in [0.5, 0.6) is 0 Å². The quantitative estimate of drug-likeness (QED) is 0.416. The number of unbranched alkanes of at least 4 members (excludes halogenated alkanes) is 1. The van der Waals surface area contributed by atoms with Gasteiger partial charge in [0.25, 0.3) is 0 Å². The van der Waals surface area contributed by atoms with Crippen molar-refractivity contribution >= 4 is 0 Å². The Morgan fingerprint density at radius 1 is 1.25 bits per heavy atom. The van der Waals surface area contributed by atoms with Crippen LogP contribution in [0.2, 0.25) is 0 Å². The van der Waals surface area contributed by atoms with Crippen LogP contribution in [-0.2, 0) is 0 Å². The molecule has 0 aliphatic carbocycles. The molecule has 0 saturated heterocycles. The molecule has 0 aromatic heterocycles. The number of rotatable bonds is 7. The van der Waals surface area contributed by atoms with Crippen LogP contribution in [0.4, 0.5) is 0 Å². The fourth-order valence-electron chi connectivity index (χ4n) is 1.08. The summed E-state index contributed by atoms with van der Waals surface area (Å²) in [5.74, 6) is 0. The molecular weight excluding hydrogens is 146 g/mol. The summed E-state index contributed by atoms with van der Waals surface area (Å²) in [6.45, 7) is 8.12. The van der Waals surface area contributed by atoms with Gasteiger partial charge in [0.05, 0.1) is 0 Å². The number of nitrogens with zero attached hydrogens (tertiary/aromatic N) is 1. The molecule has 70 valence electrons. The Kier molecular flexibility index (Phi) is 8.14. The lowest BCUT2D eigenvalue weighted by Crippen LogP contribution is -2.20. The van der Waals surface area contributed by atoms with Crippen molar-refractivity contribution in [2.75, 3.05) is 20.1 Å². The van der Waals surface area contributed by atoms with Crippen molar-refractivity contribution in [1.82, 2.24) is 4.90 Å². The normalized spacial score (nSPS) is 11.2. The highest BCUT2D eigenvalue weighted by molar-refractivity contribution is 4.77. The SMILES string of the molecule is C=CCCCN(C)CC/C=C\C. The predicted octanol–water partition coefficient (Wildman–Crippen LogP) is 2.85. The predicted molar refractivity (Wildman–Crippen MR) is 56.4 cm³/mol. The van der Waals surface area contributed by atoms with E-state index in [0.717, 1.165) is 6.42 Å². The molecule has 0 aliphatic heterocycles. The van der Waals surface area contributed by atoms with Gasteiger partial charge in [0.15, 0.2) is 0 Å². The lowest BCUT2D eigenvalue weighted by molar-refractivity contribution is 0.337. The molecule has 0 N–H and O–H groups in total. The van der Waals surface area contributed by atoms with Gasteiger partial charge in [0.1, 0.15) is 0 Å². The summed E-state index contributed by atoms with van der Waals surface area (Å²) in [6, 6.07) is 0. The maximum absolute atomic E-state index is 3.70. The average Bonchev–Trinajstić information content (AvgIpc) is 2.06. The van der Waals surface area contributed by atoms with Crippen molar-refractivity contribution in [3.63, 3.8) is 0 Å². The number of hydrogen-bond acceptors (Lipinski definition) is 1. The lowest BCUT2D eigenvalue weighted by Gasteiger charge is -2.14. The van der Waals surface area contributed by atoms with Crippen molar-refractivity contribution in [3.05, 3.63) is 24.8 Å². The highest BCUT2D eigenvalue weighted by atomic mass is 15.1. The minimum absolute atomic E-state index is 1.13. The van der Waals surface area contributed by atoms with Gasteiger partial charge in [-0.25, -0.2) is 0 Å². The highest BCUT2D eigenvalue weighted by Crippen LogP contribution is 1.95. The first-order chi connectivity index (χ1) is 5.81. The van der Waals surface area contributed by atoms with Crippen LogP contribution >= 0.6 is 0 Å². The lowest BCUT2D eigenvalue weighted by atomic mass is 10.3. The van der Waals surface area contributed by atoms with Gasteiger partial charge in [-0.1, -0.05) is 18.2 Å². The molecule has 12 heavy (non-hydrogen) atoms. The van der Waals surface area contributed by atoms with E-state index in [4.69, 9.17) is 0 Å². The molecule has 0 unspecified atom stereocenters. The molecule has 0 aromatic carbocycles. The third-order valence-electron chi connectivity index (χ3n) is 1.86. The Hall–Kier alpha value is -0.560. The summed E-state index contributed by atoms with van der Waals surface area (Å²) in [5.41, 5.74) is 0. The van der Waals surface area contributed by atoms with E-state index in [1.807, 2.05) is 6.08 Å². The van der Waals surface area contributed by atoms with Gasteiger partial charge in [-0.15, -0.1) is 6.58 Å². The largest absolute Gasteiger partial charge is 0.306 e. The van der Waals surface area contributed by atoms with Gasteiger partial charge in [-0.3, -0.25) is 0 Å². The molecule has 0 saturated carbocycles. The Morgan fingerprint density at radius 3 is 2.58 bits per heavy atom. The van der Waals surface area contributed by atoms with Gasteiger partial charge in [-0.2, -0.15) is 0 Å². The third kappa shape index (κ3) is 7.55. The van der Waals surface area contributed by atoms with Crippen LogP contribution in [0, 0.1) is 0 Å². The first-order valence-corrected chi connectivity index (χ1v) is 4.72. The van der Waals surface area contributed by atoms with E-state index in [9.17, 15) is 0 Å². The summed E-state index contributed by atoms with van der Waals surface area (Å²) >= 11 is 0. The maximum atomic E-state index is 3.70. The summed E-state index contributed by atoms with van der Waals surface area (Å²) in [4.78, 5) is 2.36. The van der Waals surface area contributed by atoms with Crippen LogP contribution in [0.1, 0.15) is 26.2 Å². The van der Waals surface area contributed by atoms with Crippen LogP contribution in [-0.4, -0.2) is 25.0 Å². The van der Waals surface area contributed by atoms with Gasteiger partial charge in [-0.05, 0) is 39.8 Å². The van der Waals surface area contributed by atoms with E-state index >= 15 is 0 Å². The average molecular weight is 167 g/mol. The van der Waals surface area contributed by atoms with Crippen LogP contribution < -0.4 is 0 Å². The summed E-state index contributed by atoms with van der Waals surface area (Å²) in [6.07, 6.45) is 9.84. The fraction of sp³-hybridized carbons (Fsp3) is 0.636.